The number of anilines is 2. The van der Waals surface area contributed by atoms with Gasteiger partial charge in [0.15, 0.2) is 5.82 Å². The molecule has 0 bridgehead atoms. The molecule has 0 amide bonds. The molecule has 22 heavy (non-hydrogen) atoms. The fraction of sp³-hybridized carbons (Fsp3) is 0.250. The lowest BCUT2D eigenvalue weighted by atomic mass is 10.1. The fourth-order valence-electron chi connectivity index (χ4n) is 2.33. The lowest BCUT2D eigenvalue weighted by molar-refractivity contribution is 0.204. The first-order valence-electron chi connectivity index (χ1n) is 6.97. The number of rotatable bonds is 5. The molecule has 3 rings (SSSR count). The maximum absolute atomic E-state index is 8.83. The Bertz CT molecular complexity index is 691. The molecule has 0 saturated heterocycles. The molecular formula is C16H17N3O2S. The van der Waals surface area contributed by atoms with E-state index in [9.17, 15) is 0 Å². The van der Waals surface area contributed by atoms with Gasteiger partial charge >= 0.3 is 0 Å². The normalized spacial score (nSPS) is 13.3. The van der Waals surface area contributed by atoms with Crippen LogP contribution in [0.25, 0.3) is 0 Å². The molecule has 114 valence electrons. The predicted octanol–water partition coefficient (Wildman–Crippen LogP) is 2.77. The van der Waals surface area contributed by atoms with Gasteiger partial charge in [0.05, 0.1) is 12.3 Å². The number of benzene rings is 1. The summed E-state index contributed by atoms with van der Waals surface area (Å²) in [5.41, 5.74) is 2.26. The van der Waals surface area contributed by atoms with Crippen LogP contribution in [0.3, 0.4) is 0 Å². The summed E-state index contributed by atoms with van der Waals surface area (Å²) >= 11 is 1.62. The molecule has 1 aliphatic rings. The van der Waals surface area contributed by atoms with Crippen molar-refractivity contribution < 1.29 is 9.84 Å². The van der Waals surface area contributed by atoms with E-state index in [1.165, 1.54) is 5.56 Å². The highest BCUT2D eigenvalue weighted by molar-refractivity contribution is 7.99. The van der Waals surface area contributed by atoms with Crippen molar-refractivity contribution in [2.24, 2.45) is 0 Å². The molecule has 6 heteroatoms. The van der Waals surface area contributed by atoms with Crippen LogP contribution in [0.4, 0.5) is 11.5 Å². The molecule has 0 atom stereocenters. The first kappa shape index (κ1) is 15.0. The summed E-state index contributed by atoms with van der Waals surface area (Å²) in [4.78, 5) is 12.0. The first-order valence-corrected chi connectivity index (χ1v) is 7.79. The van der Waals surface area contributed by atoms with Crippen LogP contribution in [-0.4, -0.2) is 35.5 Å². The summed E-state index contributed by atoms with van der Waals surface area (Å²) in [6, 6.07) is 6.34. The Balaban J connectivity index is 1.97. The van der Waals surface area contributed by atoms with E-state index in [1.54, 1.807) is 37.3 Å². The van der Waals surface area contributed by atoms with Gasteiger partial charge in [-0.2, -0.15) is 0 Å². The third-order valence-electron chi connectivity index (χ3n) is 3.31. The van der Waals surface area contributed by atoms with E-state index in [2.05, 4.69) is 28.2 Å². The van der Waals surface area contributed by atoms with Crippen molar-refractivity contribution in [1.82, 2.24) is 9.97 Å². The molecule has 2 aromatic rings. The maximum atomic E-state index is 8.83. The summed E-state index contributed by atoms with van der Waals surface area (Å²) in [6.07, 6.45) is 7.90. The number of aliphatic hydroxyl groups excluding tert-OH is 1. The van der Waals surface area contributed by atoms with Gasteiger partial charge in [-0.3, -0.25) is 4.90 Å². The molecule has 0 spiro atoms. The van der Waals surface area contributed by atoms with Crippen molar-refractivity contribution in [3.8, 4) is 0 Å². The van der Waals surface area contributed by atoms with Gasteiger partial charge in [0.25, 0.3) is 0 Å². The molecule has 0 unspecified atom stereocenters. The number of fused-ring (bicyclic) bond motifs is 2. The lowest BCUT2D eigenvalue weighted by Crippen LogP contribution is -2.24. The largest absolute Gasteiger partial charge is 0.392 e. The highest BCUT2D eigenvalue weighted by Crippen LogP contribution is 2.46. The molecular weight excluding hydrogens is 298 g/mol. The highest BCUT2D eigenvalue weighted by Gasteiger charge is 2.25. The number of aliphatic hydroxyl groups is 1. The number of aromatic nitrogens is 2. The summed E-state index contributed by atoms with van der Waals surface area (Å²) in [7, 11) is 1.67. The van der Waals surface area contributed by atoms with Crippen LogP contribution >= 0.6 is 11.8 Å². The molecule has 1 aliphatic heterocycles. The smallest absolute Gasteiger partial charge is 0.168 e. The van der Waals surface area contributed by atoms with E-state index >= 15 is 0 Å². The van der Waals surface area contributed by atoms with Crippen LogP contribution in [-0.2, 0) is 11.2 Å². The van der Waals surface area contributed by atoms with Gasteiger partial charge in [-0.05, 0) is 24.1 Å². The molecule has 2 heterocycles. The number of hydrogen-bond acceptors (Lipinski definition) is 6. The minimum atomic E-state index is 0.0690. The van der Waals surface area contributed by atoms with Gasteiger partial charge in [-0.25, -0.2) is 9.97 Å². The van der Waals surface area contributed by atoms with Crippen LogP contribution < -0.4 is 4.90 Å². The standard InChI is InChI=1S/C16H17N3O2S/c1-21-11-19-13-10-12(4-2-3-9-20)5-6-14(13)22-16-15(19)17-7-8-18-16/h2-3,5-8,10,20H,4,9,11H2,1H3/b3-2+. The molecule has 0 fully saturated rings. The van der Waals surface area contributed by atoms with Crippen molar-refractivity contribution >= 4 is 23.3 Å². The van der Waals surface area contributed by atoms with Gasteiger partial charge in [0.2, 0.25) is 0 Å². The lowest BCUT2D eigenvalue weighted by Gasteiger charge is -2.30. The average Bonchev–Trinajstić information content (AvgIpc) is 2.55. The molecule has 0 radical (unpaired) electrons. The van der Waals surface area contributed by atoms with E-state index in [0.717, 1.165) is 27.8 Å². The van der Waals surface area contributed by atoms with Crippen LogP contribution in [0.15, 0.2) is 52.7 Å². The summed E-state index contributed by atoms with van der Waals surface area (Å²) < 4.78 is 5.34. The number of methoxy groups -OCH3 is 1. The zero-order chi connectivity index (χ0) is 15.4. The third kappa shape index (κ3) is 2.99. The molecule has 1 aromatic carbocycles. The van der Waals surface area contributed by atoms with E-state index in [-0.39, 0.29) is 6.61 Å². The summed E-state index contributed by atoms with van der Waals surface area (Å²) in [6.45, 7) is 0.495. The predicted molar refractivity (Wildman–Crippen MR) is 86.5 cm³/mol. The maximum Gasteiger partial charge on any atom is 0.168 e. The quantitative estimate of drug-likeness (QED) is 0.856. The zero-order valence-corrected chi connectivity index (χ0v) is 13.1. The first-order chi connectivity index (χ1) is 10.8. The minimum absolute atomic E-state index is 0.0690. The summed E-state index contributed by atoms with van der Waals surface area (Å²) in [5.74, 6) is 0.824. The van der Waals surface area contributed by atoms with Crippen LogP contribution in [0.5, 0.6) is 0 Å². The number of nitrogens with zero attached hydrogens (tertiary/aromatic N) is 3. The fourth-order valence-corrected chi connectivity index (χ4v) is 3.32. The molecule has 1 N–H and O–H groups in total. The van der Waals surface area contributed by atoms with Crippen molar-refractivity contribution in [3.05, 3.63) is 48.3 Å². The van der Waals surface area contributed by atoms with Gasteiger partial charge in [-0.1, -0.05) is 30.0 Å². The summed E-state index contributed by atoms with van der Waals surface area (Å²) in [5, 5.41) is 9.72. The second kappa shape index (κ2) is 6.91. The molecule has 1 aromatic heterocycles. The van der Waals surface area contributed by atoms with Crippen LogP contribution in [0, 0.1) is 0 Å². The molecule has 0 saturated carbocycles. The highest BCUT2D eigenvalue weighted by atomic mass is 32.2. The van der Waals surface area contributed by atoms with Crippen LogP contribution in [0.2, 0.25) is 0 Å². The number of allylic oxidation sites excluding steroid dienone is 1. The third-order valence-corrected chi connectivity index (χ3v) is 4.35. The van der Waals surface area contributed by atoms with E-state index in [4.69, 9.17) is 9.84 Å². The Labute approximate surface area is 133 Å². The zero-order valence-electron chi connectivity index (χ0n) is 12.3. The molecule has 0 aliphatic carbocycles. The van der Waals surface area contributed by atoms with Gasteiger partial charge < -0.3 is 9.84 Å². The Morgan fingerprint density at radius 3 is 2.95 bits per heavy atom. The topological polar surface area (TPSA) is 58.5 Å². The van der Waals surface area contributed by atoms with Gasteiger partial charge in [0, 0.05) is 24.4 Å². The Morgan fingerprint density at radius 2 is 2.14 bits per heavy atom. The Morgan fingerprint density at radius 1 is 1.27 bits per heavy atom. The minimum Gasteiger partial charge on any atom is -0.392 e. The van der Waals surface area contributed by atoms with Gasteiger partial charge in [-0.15, -0.1) is 0 Å². The average molecular weight is 315 g/mol. The van der Waals surface area contributed by atoms with Gasteiger partial charge in [0.1, 0.15) is 11.8 Å². The molecule has 5 nitrogen and oxygen atoms in total. The van der Waals surface area contributed by atoms with E-state index in [1.807, 2.05) is 11.0 Å². The number of hydrogen-bond donors (Lipinski definition) is 1. The van der Waals surface area contributed by atoms with E-state index < -0.39 is 0 Å². The number of ether oxygens (including phenoxy) is 1. The van der Waals surface area contributed by atoms with Crippen molar-refractivity contribution in [2.45, 2.75) is 16.3 Å². The van der Waals surface area contributed by atoms with Crippen molar-refractivity contribution in [1.29, 1.82) is 0 Å². The second-order valence-electron chi connectivity index (χ2n) is 4.79. The second-order valence-corrected chi connectivity index (χ2v) is 5.82. The monoisotopic (exact) mass is 315 g/mol. The van der Waals surface area contributed by atoms with Crippen molar-refractivity contribution in [2.75, 3.05) is 25.3 Å². The van der Waals surface area contributed by atoms with E-state index in [0.29, 0.717) is 6.73 Å². The SMILES string of the molecule is COCN1c2cc(C/C=C/CO)ccc2Sc2nccnc21. The van der Waals surface area contributed by atoms with Crippen molar-refractivity contribution in [3.63, 3.8) is 0 Å². The Hall–Kier alpha value is -1.89. The van der Waals surface area contributed by atoms with Crippen LogP contribution in [0.1, 0.15) is 5.56 Å². The Kier molecular flexibility index (Phi) is 4.72.